The quantitative estimate of drug-likeness (QED) is 0.196. The van der Waals surface area contributed by atoms with Gasteiger partial charge in [-0.05, 0) is 56.5 Å². The van der Waals surface area contributed by atoms with Gasteiger partial charge in [0.05, 0.1) is 24.8 Å². The van der Waals surface area contributed by atoms with Crippen LogP contribution < -0.4 is 4.74 Å². The van der Waals surface area contributed by atoms with Crippen molar-refractivity contribution in [2.45, 2.75) is 32.6 Å². The standard InChI is InChI=1S/C29H29N3O3/c1-20-11-13-21(14-12-20)32-27-18-22(35-17-7-3-4-10-28(33)34-2)15-16-26(27)31-29(32)24-19-30-25-9-6-5-8-23(24)25/h5-6,8-9,11-16,18-19,30H,3-4,7,10,17H2,1-2H3. The number of nitrogens with one attached hydrogen (secondary N) is 1. The Morgan fingerprint density at radius 1 is 1.00 bits per heavy atom. The minimum Gasteiger partial charge on any atom is -0.494 e. The fourth-order valence-corrected chi connectivity index (χ4v) is 4.38. The number of imidazole rings is 1. The zero-order valence-corrected chi connectivity index (χ0v) is 20.1. The molecule has 0 fully saturated rings. The van der Waals surface area contributed by atoms with Crippen LogP contribution in [0.1, 0.15) is 31.2 Å². The number of hydrogen-bond acceptors (Lipinski definition) is 4. The molecule has 35 heavy (non-hydrogen) atoms. The summed E-state index contributed by atoms with van der Waals surface area (Å²) in [5, 5.41) is 1.14. The van der Waals surface area contributed by atoms with Crippen LogP contribution in [0, 0.1) is 6.92 Å². The first-order chi connectivity index (χ1) is 17.1. The second-order valence-electron chi connectivity index (χ2n) is 8.74. The summed E-state index contributed by atoms with van der Waals surface area (Å²) in [5.41, 5.74) is 6.32. The number of esters is 1. The van der Waals surface area contributed by atoms with Crippen molar-refractivity contribution in [1.82, 2.24) is 14.5 Å². The number of hydrogen-bond donors (Lipinski definition) is 1. The number of methoxy groups -OCH3 is 1. The van der Waals surface area contributed by atoms with Crippen molar-refractivity contribution in [3.63, 3.8) is 0 Å². The molecule has 2 aromatic heterocycles. The number of aryl methyl sites for hydroxylation is 1. The van der Waals surface area contributed by atoms with Gasteiger partial charge < -0.3 is 14.5 Å². The second kappa shape index (κ2) is 10.1. The average molecular weight is 468 g/mol. The lowest BCUT2D eigenvalue weighted by molar-refractivity contribution is -0.140. The van der Waals surface area contributed by atoms with E-state index in [0.29, 0.717) is 13.0 Å². The van der Waals surface area contributed by atoms with E-state index in [1.165, 1.54) is 12.7 Å². The number of nitrogens with zero attached hydrogens (tertiary/aromatic N) is 2. The van der Waals surface area contributed by atoms with E-state index >= 15 is 0 Å². The third-order valence-electron chi connectivity index (χ3n) is 6.27. The number of unbranched alkanes of at least 4 members (excludes halogenated alkanes) is 2. The lowest BCUT2D eigenvalue weighted by atomic mass is 10.1. The van der Waals surface area contributed by atoms with E-state index in [2.05, 4.69) is 65.0 Å². The number of aromatic amines is 1. The van der Waals surface area contributed by atoms with Gasteiger partial charge in [-0.3, -0.25) is 9.36 Å². The molecule has 6 nitrogen and oxygen atoms in total. The predicted octanol–water partition coefficient (Wildman–Crippen LogP) is 6.59. The van der Waals surface area contributed by atoms with Gasteiger partial charge in [0, 0.05) is 40.8 Å². The lowest BCUT2D eigenvalue weighted by Crippen LogP contribution is -2.01. The van der Waals surface area contributed by atoms with Crippen molar-refractivity contribution in [3.8, 4) is 22.8 Å². The van der Waals surface area contributed by atoms with E-state index in [1.807, 2.05) is 24.4 Å². The summed E-state index contributed by atoms with van der Waals surface area (Å²) >= 11 is 0. The molecule has 0 bridgehead atoms. The van der Waals surface area contributed by atoms with E-state index in [0.717, 1.165) is 64.0 Å². The van der Waals surface area contributed by atoms with E-state index in [9.17, 15) is 4.79 Å². The fourth-order valence-electron chi connectivity index (χ4n) is 4.38. The molecule has 0 unspecified atom stereocenters. The summed E-state index contributed by atoms with van der Waals surface area (Å²) in [6.07, 6.45) is 5.09. The molecule has 0 spiro atoms. The molecule has 0 radical (unpaired) electrons. The van der Waals surface area contributed by atoms with E-state index < -0.39 is 0 Å². The molecule has 6 heteroatoms. The SMILES string of the molecule is COC(=O)CCCCCOc1ccc2nc(-c3c[nH]c4ccccc34)n(-c3ccc(C)cc3)c2c1. The Kier molecular flexibility index (Phi) is 6.53. The summed E-state index contributed by atoms with van der Waals surface area (Å²) in [4.78, 5) is 19.7. The zero-order chi connectivity index (χ0) is 24.2. The minimum atomic E-state index is -0.160. The van der Waals surface area contributed by atoms with E-state index in [1.54, 1.807) is 0 Å². The van der Waals surface area contributed by atoms with Crippen LogP contribution in [0.25, 0.3) is 39.0 Å². The molecule has 0 aliphatic carbocycles. The van der Waals surface area contributed by atoms with Gasteiger partial charge in [0.25, 0.3) is 0 Å². The predicted molar refractivity (Wildman–Crippen MR) is 139 cm³/mol. The molecule has 178 valence electrons. The van der Waals surface area contributed by atoms with Gasteiger partial charge in [-0.15, -0.1) is 0 Å². The maximum Gasteiger partial charge on any atom is 0.305 e. The van der Waals surface area contributed by atoms with Crippen LogP contribution in [-0.4, -0.2) is 34.2 Å². The molecule has 0 amide bonds. The van der Waals surface area contributed by atoms with Crippen LogP contribution in [0.2, 0.25) is 0 Å². The van der Waals surface area contributed by atoms with Crippen molar-refractivity contribution >= 4 is 27.9 Å². The Hall–Kier alpha value is -4.06. The third kappa shape index (κ3) is 4.78. The lowest BCUT2D eigenvalue weighted by Gasteiger charge is -2.11. The van der Waals surface area contributed by atoms with Gasteiger partial charge in [-0.1, -0.05) is 35.9 Å². The Labute approximate surface area is 204 Å². The van der Waals surface area contributed by atoms with E-state index in [-0.39, 0.29) is 5.97 Å². The van der Waals surface area contributed by atoms with Gasteiger partial charge >= 0.3 is 5.97 Å². The van der Waals surface area contributed by atoms with Crippen LogP contribution in [0.5, 0.6) is 5.75 Å². The number of fused-ring (bicyclic) bond motifs is 2. The molecule has 0 atom stereocenters. The molecular formula is C29H29N3O3. The number of carbonyl (C=O) groups excluding carboxylic acids is 1. The molecule has 0 aliphatic rings. The molecule has 5 aromatic rings. The Bertz CT molecular complexity index is 1460. The largest absolute Gasteiger partial charge is 0.494 e. The van der Waals surface area contributed by atoms with Gasteiger partial charge in [-0.25, -0.2) is 4.98 Å². The summed E-state index contributed by atoms with van der Waals surface area (Å²) in [6.45, 7) is 2.69. The summed E-state index contributed by atoms with van der Waals surface area (Å²) < 4.78 is 13.0. The number of benzene rings is 3. The van der Waals surface area contributed by atoms with Crippen LogP contribution in [0.3, 0.4) is 0 Å². The van der Waals surface area contributed by atoms with E-state index in [4.69, 9.17) is 14.5 Å². The van der Waals surface area contributed by atoms with Crippen LogP contribution in [-0.2, 0) is 9.53 Å². The Morgan fingerprint density at radius 2 is 1.83 bits per heavy atom. The highest BCUT2D eigenvalue weighted by Crippen LogP contribution is 2.34. The number of para-hydroxylation sites is 1. The smallest absolute Gasteiger partial charge is 0.305 e. The molecule has 5 rings (SSSR count). The molecule has 2 heterocycles. The fraction of sp³-hybridized carbons (Fsp3) is 0.241. The number of ether oxygens (including phenoxy) is 2. The minimum absolute atomic E-state index is 0.160. The molecule has 0 aliphatic heterocycles. The first-order valence-electron chi connectivity index (χ1n) is 12.0. The highest BCUT2D eigenvalue weighted by Gasteiger charge is 2.18. The maximum absolute atomic E-state index is 11.3. The molecule has 0 saturated heterocycles. The average Bonchev–Trinajstić information content (AvgIpc) is 3.47. The molecule has 3 aromatic carbocycles. The number of rotatable bonds is 9. The monoisotopic (exact) mass is 467 g/mol. The van der Waals surface area contributed by atoms with Gasteiger partial charge in [-0.2, -0.15) is 0 Å². The first kappa shape index (κ1) is 22.7. The van der Waals surface area contributed by atoms with Gasteiger partial charge in [0.1, 0.15) is 11.6 Å². The topological polar surface area (TPSA) is 69.1 Å². The number of H-pyrrole nitrogens is 1. The maximum atomic E-state index is 11.3. The second-order valence-corrected chi connectivity index (χ2v) is 8.74. The van der Waals surface area contributed by atoms with Crippen molar-refractivity contribution in [1.29, 1.82) is 0 Å². The summed E-state index contributed by atoms with van der Waals surface area (Å²) in [5.74, 6) is 1.54. The third-order valence-corrected chi connectivity index (χ3v) is 6.27. The molecule has 1 N–H and O–H groups in total. The number of aromatic nitrogens is 3. The van der Waals surface area contributed by atoms with Crippen LogP contribution in [0.4, 0.5) is 0 Å². The van der Waals surface area contributed by atoms with Crippen molar-refractivity contribution in [2.75, 3.05) is 13.7 Å². The summed E-state index contributed by atoms with van der Waals surface area (Å²) in [7, 11) is 1.42. The van der Waals surface area contributed by atoms with Gasteiger partial charge in [0.2, 0.25) is 0 Å². The van der Waals surface area contributed by atoms with Crippen LogP contribution >= 0.6 is 0 Å². The van der Waals surface area contributed by atoms with Crippen molar-refractivity contribution < 1.29 is 14.3 Å². The Morgan fingerprint density at radius 3 is 2.66 bits per heavy atom. The molecule has 0 saturated carbocycles. The highest BCUT2D eigenvalue weighted by atomic mass is 16.5. The highest BCUT2D eigenvalue weighted by molar-refractivity contribution is 5.96. The summed E-state index contributed by atoms with van der Waals surface area (Å²) in [6, 6.07) is 22.8. The van der Waals surface area contributed by atoms with Gasteiger partial charge in [0.15, 0.2) is 0 Å². The van der Waals surface area contributed by atoms with Crippen molar-refractivity contribution in [2.24, 2.45) is 0 Å². The Balaban J connectivity index is 1.47. The van der Waals surface area contributed by atoms with Crippen LogP contribution in [0.15, 0.2) is 72.9 Å². The zero-order valence-electron chi connectivity index (χ0n) is 20.1. The van der Waals surface area contributed by atoms with Crippen molar-refractivity contribution in [3.05, 3.63) is 78.5 Å². The normalized spacial score (nSPS) is 11.3. The number of carbonyl (C=O) groups is 1. The first-order valence-corrected chi connectivity index (χ1v) is 12.0. The molecular weight excluding hydrogens is 438 g/mol.